The van der Waals surface area contributed by atoms with Crippen molar-refractivity contribution in [1.29, 1.82) is 5.26 Å². The summed E-state index contributed by atoms with van der Waals surface area (Å²) in [6, 6.07) is 8.61. The molecule has 150 valence electrons. The molecule has 3 rings (SSSR count). The van der Waals surface area contributed by atoms with Crippen LogP contribution in [0.3, 0.4) is 0 Å². The second-order valence-corrected chi connectivity index (χ2v) is 6.70. The normalized spacial score (nSPS) is 15.7. The van der Waals surface area contributed by atoms with E-state index in [0.29, 0.717) is 24.1 Å². The van der Waals surface area contributed by atoms with E-state index in [0.717, 1.165) is 18.8 Å². The van der Waals surface area contributed by atoms with Gasteiger partial charge in [0.25, 0.3) is 0 Å². The van der Waals surface area contributed by atoms with Crippen LogP contribution in [0, 0.1) is 11.3 Å². The number of benzene rings is 1. The van der Waals surface area contributed by atoms with Crippen LogP contribution in [0.2, 0.25) is 0 Å². The fourth-order valence-electron chi connectivity index (χ4n) is 3.36. The van der Waals surface area contributed by atoms with Gasteiger partial charge in [-0.15, -0.1) is 0 Å². The molecule has 29 heavy (non-hydrogen) atoms. The number of carbonyl (C=O) groups is 2. The van der Waals surface area contributed by atoms with Gasteiger partial charge >= 0.3 is 12.1 Å². The molecule has 1 fully saturated rings. The number of nitriles is 1. The van der Waals surface area contributed by atoms with Crippen LogP contribution in [-0.2, 0) is 17.9 Å². The van der Waals surface area contributed by atoms with Crippen LogP contribution in [0.25, 0.3) is 0 Å². The summed E-state index contributed by atoms with van der Waals surface area (Å²) in [7, 11) is 0. The van der Waals surface area contributed by atoms with Gasteiger partial charge in [-0.05, 0) is 18.9 Å². The van der Waals surface area contributed by atoms with Crippen molar-refractivity contribution < 1.29 is 24.5 Å². The zero-order valence-electron chi connectivity index (χ0n) is 15.4. The van der Waals surface area contributed by atoms with Crippen LogP contribution >= 0.6 is 0 Å². The fourth-order valence-corrected chi connectivity index (χ4v) is 3.36. The number of likely N-dealkylation sites (tertiary alicyclic amines) is 1. The molecule has 1 atom stereocenters. The molecule has 1 aliphatic rings. The van der Waals surface area contributed by atoms with Crippen molar-refractivity contribution in [3.63, 3.8) is 0 Å². The minimum absolute atomic E-state index is 0.0340. The molecule has 0 saturated carbocycles. The van der Waals surface area contributed by atoms with Gasteiger partial charge in [0.2, 0.25) is 5.43 Å². The molecule has 1 aliphatic heterocycles. The predicted molar refractivity (Wildman–Crippen MR) is 100 cm³/mol. The first-order valence-corrected chi connectivity index (χ1v) is 8.98. The molecule has 0 bridgehead atoms. The minimum atomic E-state index is -1.43. The maximum Gasteiger partial charge on any atom is 0.410 e. The average molecular weight is 397 g/mol. The summed E-state index contributed by atoms with van der Waals surface area (Å²) in [4.78, 5) is 36.9. The number of nitrogens with zero attached hydrogens (tertiary/aromatic N) is 3. The van der Waals surface area contributed by atoms with Gasteiger partial charge in [-0.1, -0.05) is 18.2 Å². The molecular formula is C20H19N3O6. The predicted octanol–water partition coefficient (Wildman–Crippen LogP) is 1.92. The number of amides is 1. The van der Waals surface area contributed by atoms with Gasteiger partial charge < -0.3 is 24.4 Å². The molecule has 0 radical (unpaired) electrons. The lowest BCUT2D eigenvalue weighted by Gasteiger charge is -2.25. The van der Waals surface area contributed by atoms with Crippen LogP contribution in [0.5, 0.6) is 5.75 Å². The Morgan fingerprint density at radius 3 is 2.76 bits per heavy atom. The highest BCUT2D eigenvalue weighted by molar-refractivity contribution is 5.87. The molecule has 2 N–H and O–H groups in total. The van der Waals surface area contributed by atoms with E-state index in [1.54, 1.807) is 24.3 Å². The molecule has 0 aliphatic carbocycles. The third-order valence-electron chi connectivity index (χ3n) is 4.81. The van der Waals surface area contributed by atoms with Crippen LogP contribution in [-0.4, -0.2) is 44.3 Å². The van der Waals surface area contributed by atoms with Gasteiger partial charge in [0.15, 0.2) is 5.75 Å². The Kier molecular flexibility index (Phi) is 5.83. The molecular weight excluding hydrogens is 378 g/mol. The van der Waals surface area contributed by atoms with Crippen molar-refractivity contribution in [2.45, 2.75) is 32.0 Å². The molecule has 2 aromatic rings. The smallest absolute Gasteiger partial charge is 0.410 e. The van der Waals surface area contributed by atoms with E-state index in [1.165, 1.54) is 9.47 Å². The quantitative estimate of drug-likeness (QED) is 0.787. The second-order valence-electron chi connectivity index (χ2n) is 6.70. The summed E-state index contributed by atoms with van der Waals surface area (Å²) < 4.78 is 6.75. The van der Waals surface area contributed by atoms with Crippen molar-refractivity contribution in [1.82, 2.24) is 9.47 Å². The van der Waals surface area contributed by atoms with Crippen molar-refractivity contribution >= 4 is 12.1 Å². The number of carbonyl (C=O) groups excluding carboxylic acids is 1. The van der Waals surface area contributed by atoms with E-state index in [1.807, 2.05) is 6.07 Å². The lowest BCUT2D eigenvalue weighted by Crippen LogP contribution is -2.38. The van der Waals surface area contributed by atoms with Gasteiger partial charge in [0, 0.05) is 31.0 Å². The van der Waals surface area contributed by atoms with E-state index in [-0.39, 0.29) is 19.2 Å². The summed E-state index contributed by atoms with van der Waals surface area (Å²) in [6.45, 7) is 0.646. The molecule has 9 heteroatoms. The van der Waals surface area contributed by atoms with Gasteiger partial charge in [-0.2, -0.15) is 5.26 Å². The average Bonchev–Trinajstić information content (AvgIpc) is 3.16. The highest BCUT2D eigenvalue weighted by atomic mass is 16.6. The van der Waals surface area contributed by atoms with Crippen LogP contribution < -0.4 is 5.43 Å². The first-order chi connectivity index (χ1) is 13.9. The summed E-state index contributed by atoms with van der Waals surface area (Å²) in [6.07, 6.45) is 3.17. The largest absolute Gasteiger partial charge is 0.503 e. The molecule has 1 aromatic heterocycles. The summed E-state index contributed by atoms with van der Waals surface area (Å²) >= 11 is 0. The Bertz CT molecular complexity index is 1040. The van der Waals surface area contributed by atoms with Crippen molar-refractivity contribution in [2.24, 2.45) is 0 Å². The van der Waals surface area contributed by atoms with E-state index >= 15 is 0 Å². The Morgan fingerprint density at radius 1 is 1.28 bits per heavy atom. The highest BCUT2D eigenvalue weighted by Crippen LogP contribution is 2.21. The third-order valence-corrected chi connectivity index (χ3v) is 4.81. The number of ether oxygens (including phenoxy) is 1. The second kappa shape index (κ2) is 8.48. The van der Waals surface area contributed by atoms with Crippen LogP contribution in [0.1, 0.15) is 34.3 Å². The maximum atomic E-state index is 12.5. The number of aromatic nitrogens is 1. The first-order valence-electron chi connectivity index (χ1n) is 8.98. The van der Waals surface area contributed by atoms with Crippen LogP contribution in [0.4, 0.5) is 4.79 Å². The monoisotopic (exact) mass is 397 g/mol. The first kappa shape index (κ1) is 19.9. The third kappa shape index (κ3) is 4.38. The number of hydrogen-bond donors (Lipinski definition) is 2. The lowest BCUT2D eigenvalue weighted by molar-refractivity contribution is 0.0692. The fraction of sp³-hybridized carbons (Fsp3) is 0.300. The zero-order valence-corrected chi connectivity index (χ0v) is 15.4. The van der Waals surface area contributed by atoms with Gasteiger partial charge in [-0.3, -0.25) is 4.79 Å². The van der Waals surface area contributed by atoms with Crippen LogP contribution in [0.15, 0.2) is 41.5 Å². The summed E-state index contributed by atoms with van der Waals surface area (Å²) in [5, 5.41) is 27.9. The number of aromatic hydroxyl groups is 1. The topological polar surface area (TPSA) is 133 Å². The Balaban J connectivity index is 1.70. The Morgan fingerprint density at radius 2 is 2.03 bits per heavy atom. The lowest BCUT2D eigenvalue weighted by atomic mass is 10.1. The zero-order chi connectivity index (χ0) is 21.0. The van der Waals surface area contributed by atoms with Gasteiger partial charge in [0.05, 0.1) is 17.7 Å². The number of carboxylic acids is 1. The van der Waals surface area contributed by atoms with E-state index < -0.39 is 28.8 Å². The van der Waals surface area contributed by atoms with Crippen molar-refractivity contribution in [3.05, 3.63) is 63.6 Å². The molecule has 1 saturated heterocycles. The maximum absolute atomic E-state index is 12.5. The molecule has 2 heterocycles. The minimum Gasteiger partial charge on any atom is -0.503 e. The number of carboxylic acid groups (broad SMARTS) is 1. The highest BCUT2D eigenvalue weighted by Gasteiger charge is 2.30. The Labute approximate surface area is 166 Å². The molecule has 1 aromatic carbocycles. The SMILES string of the molecule is N#Cc1ccccc1COC(=O)N1CCC[C@H]1Cn1cc(O)c(=O)c(C(=O)O)c1. The van der Waals surface area contributed by atoms with E-state index in [4.69, 9.17) is 15.1 Å². The standard InChI is InChI=1S/C20H19N3O6/c21-8-13-4-1-2-5-14(13)12-29-20(28)23-7-3-6-15(23)9-22-10-16(19(26)27)18(25)17(24)11-22/h1-2,4-5,10-11,15,24H,3,6-7,9,12H2,(H,26,27)/t15-/m0/s1. The number of pyridine rings is 1. The number of aromatic carboxylic acids is 1. The molecule has 0 unspecified atom stereocenters. The van der Waals surface area contributed by atoms with E-state index in [2.05, 4.69) is 0 Å². The van der Waals surface area contributed by atoms with Crippen molar-refractivity contribution in [2.75, 3.05) is 6.54 Å². The van der Waals surface area contributed by atoms with Crippen molar-refractivity contribution in [3.8, 4) is 11.8 Å². The molecule has 9 nitrogen and oxygen atoms in total. The van der Waals surface area contributed by atoms with Gasteiger partial charge in [0.1, 0.15) is 12.2 Å². The number of rotatable bonds is 5. The van der Waals surface area contributed by atoms with Gasteiger partial charge in [-0.25, -0.2) is 9.59 Å². The van der Waals surface area contributed by atoms with E-state index in [9.17, 15) is 19.5 Å². The molecule has 0 spiro atoms. The number of hydrogen-bond acceptors (Lipinski definition) is 6. The molecule has 1 amide bonds. The Hall–Kier alpha value is -3.80. The summed E-state index contributed by atoms with van der Waals surface area (Å²) in [5.41, 5.74) is -0.448. The summed E-state index contributed by atoms with van der Waals surface area (Å²) in [5.74, 6) is -2.09.